The molecule has 5 nitrogen and oxygen atoms in total. The van der Waals surface area contributed by atoms with Crippen LogP contribution in [0.15, 0.2) is 24.3 Å². The first-order valence-corrected chi connectivity index (χ1v) is 7.31. The molecule has 0 radical (unpaired) electrons. The smallest absolute Gasteiger partial charge is 0.303 e. The van der Waals surface area contributed by atoms with Crippen molar-refractivity contribution in [3.05, 3.63) is 35.4 Å². The van der Waals surface area contributed by atoms with Crippen molar-refractivity contribution in [2.45, 2.75) is 32.3 Å². The fraction of sp³-hybridized carbons (Fsp3) is 0.500. The van der Waals surface area contributed by atoms with Crippen LogP contribution < -0.4 is 0 Å². The number of hydrogen-bond acceptors (Lipinski definition) is 3. The lowest BCUT2D eigenvalue weighted by Crippen LogP contribution is -2.38. The molecule has 1 amide bonds. The summed E-state index contributed by atoms with van der Waals surface area (Å²) in [5.41, 5.74) is 1.43. The van der Waals surface area contributed by atoms with Gasteiger partial charge in [0.15, 0.2) is 0 Å². The van der Waals surface area contributed by atoms with Gasteiger partial charge in [-0.1, -0.05) is 12.1 Å². The van der Waals surface area contributed by atoms with E-state index in [9.17, 15) is 9.59 Å². The molecule has 1 fully saturated rings. The highest BCUT2D eigenvalue weighted by molar-refractivity contribution is 5.94. The van der Waals surface area contributed by atoms with Gasteiger partial charge in [-0.25, -0.2) is 0 Å². The van der Waals surface area contributed by atoms with Crippen LogP contribution in [0.25, 0.3) is 0 Å². The van der Waals surface area contributed by atoms with Crippen LogP contribution >= 0.6 is 0 Å². The Balaban J connectivity index is 1.86. The minimum atomic E-state index is -0.752. The number of benzene rings is 1. The first-order chi connectivity index (χ1) is 10.1. The largest absolute Gasteiger partial charge is 0.481 e. The molecule has 1 saturated heterocycles. The van der Waals surface area contributed by atoms with Crippen molar-refractivity contribution in [1.29, 1.82) is 0 Å². The maximum absolute atomic E-state index is 12.3. The first-order valence-electron chi connectivity index (χ1n) is 7.31. The van der Waals surface area contributed by atoms with Crippen molar-refractivity contribution >= 4 is 11.9 Å². The Hall–Kier alpha value is -1.88. The number of carbonyl (C=O) groups is 2. The van der Waals surface area contributed by atoms with Crippen LogP contribution in [0.3, 0.4) is 0 Å². The average Bonchev–Trinajstić information content (AvgIpc) is 2.53. The SMILES string of the molecule is O=C(O)CCC1CCN(C(=O)c2ccc(CO)cc2)CC1. The number of carboxylic acid groups (broad SMARTS) is 1. The van der Waals surface area contributed by atoms with Crippen LogP contribution in [0.5, 0.6) is 0 Å². The number of carboxylic acids is 1. The lowest BCUT2D eigenvalue weighted by molar-refractivity contribution is -0.137. The second-order valence-corrected chi connectivity index (χ2v) is 5.52. The molecule has 5 heteroatoms. The molecule has 1 aliphatic rings. The molecule has 0 atom stereocenters. The van der Waals surface area contributed by atoms with E-state index in [1.807, 2.05) is 4.90 Å². The molecule has 0 aliphatic carbocycles. The summed E-state index contributed by atoms with van der Waals surface area (Å²) in [6, 6.07) is 6.99. The summed E-state index contributed by atoms with van der Waals surface area (Å²) < 4.78 is 0. The van der Waals surface area contributed by atoms with Crippen LogP contribution in [0.2, 0.25) is 0 Å². The van der Waals surface area contributed by atoms with Crippen molar-refractivity contribution in [1.82, 2.24) is 4.90 Å². The van der Waals surface area contributed by atoms with Crippen LogP contribution in [-0.2, 0) is 11.4 Å². The van der Waals surface area contributed by atoms with Gasteiger partial charge in [0.05, 0.1) is 6.61 Å². The number of nitrogens with zero attached hydrogens (tertiary/aromatic N) is 1. The van der Waals surface area contributed by atoms with Crippen LogP contribution in [0.1, 0.15) is 41.6 Å². The number of aliphatic hydroxyl groups is 1. The topological polar surface area (TPSA) is 77.8 Å². The van der Waals surface area contributed by atoms with Crippen molar-refractivity contribution < 1.29 is 19.8 Å². The number of piperidine rings is 1. The quantitative estimate of drug-likeness (QED) is 0.868. The monoisotopic (exact) mass is 291 g/mol. The molecular formula is C16H21NO4. The number of amides is 1. The Bertz CT molecular complexity index is 490. The maximum Gasteiger partial charge on any atom is 0.303 e. The average molecular weight is 291 g/mol. The summed E-state index contributed by atoms with van der Waals surface area (Å²) in [7, 11) is 0. The van der Waals surface area contributed by atoms with Gasteiger partial charge in [-0.15, -0.1) is 0 Å². The van der Waals surface area contributed by atoms with Crippen molar-refractivity contribution in [2.75, 3.05) is 13.1 Å². The number of carbonyl (C=O) groups excluding carboxylic acids is 1. The van der Waals surface area contributed by atoms with E-state index in [-0.39, 0.29) is 18.9 Å². The van der Waals surface area contributed by atoms with Crippen molar-refractivity contribution in [3.63, 3.8) is 0 Å². The van der Waals surface area contributed by atoms with E-state index in [0.717, 1.165) is 18.4 Å². The third kappa shape index (κ3) is 4.29. The molecule has 0 unspecified atom stereocenters. The third-order valence-corrected chi connectivity index (χ3v) is 4.05. The summed E-state index contributed by atoms with van der Waals surface area (Å²) in [6.45, 7) is 1.35. The number of likely N-dealkylation sites (tertiary alicyclic amines) is 1. The fourth-order valence-corrected chi connectivity index (χ4v) is 2.69. The van der Waals surface area contributed by atoms with Gasteiger partial charge in [-0.3, -0.25) is 9.59 Å². The van der Waals surface area contributed by atoms with E-state index in [2.05, 4.69) is 0 Å². The second kappa shape index (κ2) is 7.22. The number of aliphatic hydroxyl groups excluding tert-OH is 1. The molecular weight excluding hydrogens is 270 g/mol. The minimum Gasteiger partial charge on any atom is -0.481 e. The van der Waals surface area contributed by atoms with Gasteiger partial charge in [-0.05, 0) is 42.9 Å². The Labute approximate surface area is 124 Å². The summed E-state index contributed by atoms with van der Waals surface area (Å²) in [5, 5.41) is 17.7. The van der Waals surface area contributed by atoms with Crippen molar-refractivity contribution in [3.8, 4) is 0 Å². The van der Waals surface area contributed by atoms with E-state index < -0.39 is 5.97 Å². The highest BCUT2D eigenvalue weighted by Gasteiger charge is 2.23. The molecule has 2 rings (SSSR count). The standard InChI is InChI=1S/C16H21NO4/c18-11-13-1-4-14(5-2-13)16(21)17-9-7-12(8-10-17)3-6-15(19)20/h1-2,4-5,12,18H,3,6-11H2,(H,19,20). The summed E-state index contributed by atoms with van der Waals surface area (Å²) in [5.74, 6) is -0.337. The number of aliphatic carboxylic acids is 1. The molecule has 0 saturated carbocycles. The van der Waals surface area contributed by atoms with Gasteiger partial charge in [0.1, 0.15) is 0 Å². The molecule has 1 aromatic carbocycles. The number of hydrogen-bond donors (Lipinski definition) is 2. The first kappa shape index (κ1) is 15.5. The molecule has 114 valence electrons. The summed E-state index contributed by atoms with van der Waals surface area (Å²) in [4.78, 5) is 24.7. The van der Waals surface area contributed by atoms with E-state index in [4.69, 9.17) is 10.2 Å². The highest BCUT2D eigenvalue weighted by Crippen LogP contribution is 2.23. The van der Waals surface area contributed by atoms with E-state index >= 15 is 0 Å². The molecule has 0 bridgehead atoms. The summed E-state index contributed by atoms with van der Waals surface area (Å²) in [6.07, 6.45) is 2.64. The van der Waals surface area contributed by atoms with E-state index in [0.29, 0.717) is 31.0 Å². The van der Waals surface area contributed by atoms with E-state index in [1.54, 1.807) is 24.3 Å². The van der Waals surface area contributed by atoms with Crippen LogP contribution in [-0.4, -0.2) is 40.1 Å². The van der Waals surface area contributed by atoms with Gasteiger partial charge in [-0.2, -0.15) is 0 Å². The molecule has 1 heterocycles. The molecule has 21 heavy (non-hydrogen) atoms. The molecule has 1 aliphatic heterocycles. The van der Waals surface area contributed by atoms with Gasteiger partial charge in [0.25, 0.3) is 5.91 Å². The fourth-order valence-electron chi connectivity index (χ4n) is 2.69. The highest BCUT2D eigenvalue weighted by atomic mass is 16.4. The van der Waals surface area contributed by atoms with Gasteiger partial charge in [0.2, 0.25) is 0 Å². The lowest BCUT2D eigenvalue weighted by Gasteiger charge is -2.32. The Morgan fingerprint density at radius 2 is 1.76 bits per heavy atom. The molecule has 2 N–H and O–H groups in total. The second-order valence-electron chi connectivity index (χ2n) is 5.52. The predicted octanol–water partition coefficient (Wildman–Crippen LogP) is 1.90. The Kier molecular flexibility index (Phi) is 5.33. The third-order valence-electron chi connectivity index (χ3n) is 4.05. The Morgan fingerprint density at radius 3 is 2.29 bits per heavy atom. The van der Waals surface area contributed by atoms with Gasteiger partial charge in [0, 0.05) is 25.1 Å². The Morgan fingerprint density at radius 1 is 1.14 bits per heavy atom. The van der Waals surface area contributed by atoms with Crippen molar-refractivity contribution in [2.24, 2.45) is 5.92 Å². The van der Waals surface area contributed by atoms with Crippen LogP contribution in [0, 0.1) is 5.92 Å². The molecule has 0 spiro atoms. The molecule has 0 aromatic heterocycles. The number of rotatable bonds is 5. The van der Waals surface area contributed by atoms with Gasteiger partial charge >= 0.3 is 5.97 Å². The van der Waals surface area contributed by atoms with Crippen LogP contribution in [0.4, 0.5) is 0 Å². The zero-order chi connectivity index (χ0) is 15.2. The minimum absolute atomic E-state index is 0.0103. The zero-order valence-electron chi connectivity index (χ0n) is 12.0. The molecule has 1 aromatic rings. The van der Waals surface area contributed by atoms with Gasteiger partial charge < -0.3 is 15.1 Å². The summed E-state index contributed by atoms with van der Waals surface area (Å²) >= 11 is 0. The van der Waals surface area contributed by atoms with E-state index in [1.165, 1.54) is 0 Å². The lowest BCUT2D eigenvalue weighted by atomic mass is 9.92. The normalized spacial score (nSPS) is 16.0. The zero-order valence-corrected chi connectivity index (χ0v) is 12.0. The predicted molar refractivity (Wildman–Crippen MR) is 77.9 cm³/mol. The maximum atomic E-state index is 12.3.